The maximum absolute atomic E-state index is 9.80. The summed E-state index contributed by atoms with van der Waals surface area (Å²) in [6.45, 7) is 14.8. The number of aliphatic hydroxyl groups is 1. The molecule has 0 aliphatic heterocycles. The van der Waals surface area contributed by atoms with E-state index in [0.29, 0.717) is 12.5 Å². The van der Waals surface area contributed by atoms with Crippen molar-refractivity contribution in [2.24, 2.45) is 11.8 Å². The molecule has 0 radical (unpaired) electrons. The highest BCUT2D eigenvalue weighted by Crippen LogP contribution is 2.24. The summed E-state index contributed by atoms with van der Waals surface area (Å²) in [5.74, 6) is 1.52. The lowest BCUT2D eigenvalue weighted by molar-refractivity contribution is -0.0236. The SMILES string of the molecule is C=CCO[C@@H](CO)[C@H](Cc1cc(C)cc(-n2c(C)ccc2C)n1)C(C)C. The van der Waals surface area contributed by atoms with Gasteiger partial charge in [0.15, 0.2) is 0 Å². The minimum absolute atomic E-state index is 0.00514. The van der Waals surface area contributed by atoms with Gasteiger partial charge >= 0.3 is 0 Å². The first kappa shape index (κ1) is 20.4. The maximum Gasteiger partial charge on any atom is 0.137 e. The third-order valence-corrected chi connectivity index (χ3v) is 4.90. The Morgan fingerprint density at radius 1 is 1.19 bits per heavy atom. The van der Waals surface area contributed by atoms with Gasteiger partial charge in [-0.15, -0.1) is 6.58 Å². The second-order valence-corrected chi connectivity index (χ2v) is 7.40. The number of aromatic nitrogens is 2. The first-order chi connectivity index (χ1) is 12.4. The van der Waals surface area contributed by atoms with E-state index < -0.39 is 0 Å². The minimum Gasteiger partial charge on any atom is -0.394 e. The van der Waals surface area contributed by atoms with Gasteiger partial charge in [-0.25, -0.2) is 4.98 Å². The molecular formula is C22H32N2O2. The van der Waals surface area contributed by atoms with Crippen LogP contribution in [-0.4, -0.2) is 34.0 Å². The van der Waals surface area contributed by atoms with E-state index in [1.54, 1.807) is 6.08 Å². The fourth-order valence-electron chi connectivity index (χ4n) is 3.51. The average molecular weight is 357 g/mol. The monoisotopic (exact) mass is 356 g/mol. The minimum atomic E-state index is -0.214. The van der Waals surface area contributed by atoms with Crippen LogP contribution in [0.15, 0.2) is 36.9 Å². The van der Waals surface area contributed by atoms with Crippen molar-refractivity contribution in [1.82, 2.24) is 9.55 Å². The van der Waals surface area contributed by atoms with Gasteiger partial charge in [-0.3, -0.25) is 0 Å². The Kier molecular flexibility index (Phi) is 7.18. The molecule has 0 bridgehead atoms. The van der Waals surface area contributed by atoms with Gasteiger partial charge in [-0.1, -0.05) is 19.9 Å². The van der Waals surface area contributed by atoms with Gasteiger partial charge in [0.2, 0.25) is 0 Å². The van der Waals surface area contributed by atoms with E-state index in [0.717, 1.165) is 17.9 Å². The van der Waals surface area contributed by atoms with Crippen molar-refractivity contribution in [1.29, 1.82) is 0 Å². The van der Waals surface area contributed by atoms with Crippen LogP contribution in [0, 0.1) is 32.6 Å². The van der Waals surface area contributed by atoms with Gasteiger partial charge in [0.1, 0.15) is 5.82 Å². The molecule has 0 aliphatic rings. The molecule has 2 aromatic heterocycles. The number of nitrogens with zero attached hydrogens (tertiary/aromatic N) is 2. The molecule has 0 spiro atoms. The standard InChI is InChI=1S/C22H32N2O2/c1-7-10-26-21(14-25)20(15(2)3)13-19-11-16(4)12-22(23-19)24-17(5)8-9-18(24)6/h7-9,11-12,15,20-21,25H,1,10,13-14H2,2-6H3/t20-,21+/m1/s1. The molecule has 2 aromatic rings. The number of pyridine rings is 1. The molecule has 1 N–H and O–H groups in total. The molecule has 4 heteroatoms. The van der Waals surface area contributed by atoms with Gasteiger partial charge in [-0.05, 0) is 68.9 Å². The Hall–Kier alpha value is -1.91. The summed E-state index contributed by atoms with van der Waals surface area (Å²) in [5, 5.41) is 9.80. The quantitative estimate of drug-likeness (QED) is 0.686. The van der Waals surface area contributed by atoms with E-state index in [4.69, 9.17) is 9.72 Å². The van der Waals surface area contributed by atoms with Crippen LogP contribution < -0.4 is 0 Å². The number of hydrogen-bond acceptors (Lipinski definition) is 3. The zero-order valence-corrected chi connectivity index (χ0v) is 16.7. The van der Waals surface area contributed by atoms with Crippen molar-refractivity contribution in [3.05, 3.63) is 59.6 Å². The highest BCUT2D eigenvalue weighted by Gasteiger charge is 2.26. The molecule has 142 valence electrons. The van der Waals surface area contributed by atoms with Crippen molar-refractivity contribution in [2.45, 2.75) is 47.1 Å². The van der Waals surface area contributed by atoms with E-state index in [1.807, 2.05) is 0 Å². The third-order valence-electron chi connectivity index (χ3n) is 4.90. The van der Waals surface area contributed by atoms with E-state index in [2.05, 4.69) is 70.0 Å². The van der Waals surface area contributed by atoms with Crippen molar-refractivity contribution in [3.63, 3.8) is 0 Å². The summed E-state index contributed by atoms with van der Waals surface area (Å²) in [5.41, 5.74) is 4.57. The summed E-state index contributed by atoms with van der Waals surface area (Å²) >= 11 is 0. The Balaban J connectivity index is 2.33. The summed E-state index contributed by atoms with van der Waals surface area (Å²) in [6.07, 6.45) is 2.28. The molecule has 2 heterocycles. The predicted octanol–water partition coefficient (Wildman–Crippen LogP) is 4.18. The molecule has 0 aromatic carbocycles. The number of aryl methyl sites for hydroxylation is 3. The maximum atomic E-state index is 9.80. The first-order valence-electron chi connectivity index (χ1n) is 9.33. The number of ether oxygens (including phenoxy) is 1. The lowest BCUT2D eigenvalue weighted by Crippen LogP contribution is -2.33. The van der Waals surface area contributed by atoms with Gasteiger partial charge in [0.05, 0.1) is 19.3 Å². The van der Waals surface area contributed by atoms with Gasteiger partial charge in [0, 0.05) is 17.1 Å². The topological polar surface area (TPSA) is 47.3 Å². The largest absolute Gasteiger partial charge is 0.394 e. The normalized spacial score (nSPS) is 13.8. The second kappa shape index (κ2) is 9.15. The van der Waals surface area contributed by atoms with Crippen LogP contribution in [0.3, 0.4) is 0 Å². The Morgan fingerprint density at radius 2 is 1.85 bits per heavy atom. The lowest BCUT2D eigenvalue weighted by atomic mass is 9.86. The van der Waals surface area contributed by atoms with E-state index in [-0.39, 0.29) is 18.6 Å². The molecule has 26 heavy (non-hydrogen) atoms. The third kappa shape index (κ3) is 4.83. The van der Waals surface area contributed by atoms with Crippen molar-refractivity contribution in [2.75, 3.05) is 13.2 Å². The number of aliphatic hydroxyl groups excluding tert-OH is 1. The fourth-order valence-corrected chi connectivity index (χ4v) is 3.51. The number of hydrogen-bond donors (Lipinski definition) is 1. The van der Waals surface area contributed by atoms with Crippen molar-refractivity contribution < 1.29 is 9.84 Å². The fraction of sp³-hybridized carbons (Fsp3) is 0.500. The van der Waals surface area contributed by atoms with Crippen LogP contribution in [-0.2, 0) is 11.2 Å². The molecule has 4 nitrogen and oxygen atoms in total. The molecule has 0 fully saturated rings. The Morgan fingerprint density at radius 3 is 2.38 bits per heavy atom. The van der Waals surface area contributed by atoms with Crippen LogP contribution in [0.4, 0.5) is 0 Å². The second-order valence-electron chi connectivity index (χ2n) is 7.40. The summed E-state index contributed by atoms with van der Waals surface area (Å²) in [6, 6.07) is 8.47. The van der Waals surface area contributed by atoms with Crippen molar-refractivity contribution >= 4 is 0 Å². The molecule has 0 unspecified atom stereocenters. The van der Waals surface area contributed by atoms with Gasteiger partial charge < -0.3 is 14.4 Å². The van der Waals surface area contributed by atoms with Gasteiger partial charge in [-0.2, -0.15) is 0 Å². The smallest absolute Gasteiger partial charge is 0.137 e. The molecule has 0 aliphatic carbocycles. The first-order valence-corrected chi connectivity index (χ1v) is 9.33. The Bertz CT molecular complexity index is 714. The van der Waals surface area contributed by atoms with Crippen LogP contribution in [0.2, 0.25) is 0 Å². The summed E-state index contributed by atoms with van der Waals surface area (Å²) in [4.78, 5) is 4.92. The van der Waals surface area contributed by atoms with Crippen LogP contribution in [0.5, 0.6) is 0 Å². The van der Waals surface area contributed by atoms with E-state index in [9.17, 15) is 5.11 Å². The molecular weight excluding hydrogens is 324 g/mol. The molecule has 0 saturated heterocycles. The van der Waals surface area contributed by atoms with Crippen LogP contribution in [0.1, 0.15) is 36.5 Å². The van der Waals surface area contributed by atoms with Crippen LogP contribution >= 0.6 is 0 Å². The van der Waals surface area contributed by atoms with E-state index in [1.165, 1.54) is 17.0 Å². The van der Waals surface area contributed by atoms with Gasteiger partial charge in [0.25, 0.3) is 0 Å². The highest BCUT2D eigenvalue weighted by atomic mass is 16.5. The average Bonchev–Trinajstić information content (AvgIpc) is 2.92. The van der Waals surface area contributed by atoms with E-state index >= 15 is 0 Å². The molecule has 0 amide bonds. The summed E-state index contributed by atoms with van der Waals surface area (Å²) in [7, 11) is 0. The Labute approximate surface area is 157 Å². The number of rotatable bonds is 9. The van der Waals surface area contributed by atoms with Crippen LogP contribution in [0.25, 0.3) is 5.82 Å². The molecule has 2 atom stereocenters. The lowest BCUT2D eigenvalue weighted by Gasteiger charge is -2.29. The zero-order valence-electron chi connectivity index (χ0n) is 16.7. The zero-order chi connectivity index (χ0) is 19.3. The molecule has 0 saturated carbocycles. The van der Waals surface area contributed by atoms with Crippen molar-refractivity contribution in [3.8, 4) is 5.82 Å². The summed E-state index contributed by atoms with van der Waals surface area (Å²) < 4.78 is 7.99. The molecule has 2 rings (SSSR count). The predicted molar refractivity (Wildman–Crippen MR) is 107 cm³/mol. The highest BCUT2D eigenvalue weighted by molar-refractivity contribution is 5.35.